The van der Waals surface area contributed by atoms with Gasteiger partial charge in [-0.2, -0.15) is 0 Å². The third kappa shape index (κ3) is 7.53. The van der Waals surface area contributed by atoms with Gasteiger partial charge >= 0.3 is 0 Å². The average molecular weight is 609 g/mol. The number of anilines is 1. The number of rotatable bonds is 9. The van der Waals surface area contributed by atoms with Crippen molar-refractivity contribution in [3.63, 3.8) is 0 Å². The second-order valence-corrected chi connectivity index (χ2v) is 13.1. The number of halogens is 3. The van der Waals surface area contributed by atoms with Crippen molar-refractivity contribution < 1.29 is 22.4 Å². The van der Waals surface area contributed by atoms with E-state index in [0.29, 0.717) is 9.87 Å². The van der Waals surface area contributed by atoms with E-state index in [1.54, 1.807) is 58.0 Å². The van der Waals surface area contributed by atoms with Gasteiger partial charge in [-0.1, -0.05) is 59.1 Å². The molecule has 40 heavy (non-hydrogen) atoms. The van der Waals surface area contributed by atoms with E-state index in [-0.39, 0.29) is 27.2 Å². The maximum Gasteiger partial charge on any atom is 0.264 e. The van der Waals surface area contributed by atoms with Crippen LogP contribution in [0.2, 0.25) is 10.0 Å². The summed E-state index contributed by atoms with van der Waals surface area (Å²) in [4.78, 5) is 28.2. The molecule has 0 heterocycles. The molecule has 0 bridgehead atoms. The summed E-state index contributed by atoms with van der Waals surface area (Å²) in [5.41, 5.74) is 0.303. The Labute approximate surface area is 244 Å². The highest BCUT2D eigenvalue weighted by Crippen LogP contribution is 2.29. The van der Waals surface area contributed by atoms with Crippen LogP contribution in [0.1, 0.15) is 38.8 Å². The number of aryl methyl sites for hydroxylation is 1. The molecule has 0 aliphatic carbocycles. The summed E-state index contributed by atoms with van der Waals surface area (Å²) >= 11 is 12.8. The van der Waals surface area contributed by atoms with Crippen molar-refractivity contribution in [3.05, 3.63) is 93.7 Å². The highest BCUT2D eigenvalue weighted by Gasteiger charge is 2.34. The summed E-state index contributed by atoms with van der Waals surface area (Å²) in [6.45, 7) is 7.73. The molecule has 7 nitrogen and oxygen atoms in total. The molecule has 1 atom stereocenters. The summed E-state index contributed by atoms with van der Waals surface area (Å²) in [6, 6.07) is 15.1. The minimum atomic E-state index is -4.39. The molecule has 0 saturated carbocycles. The van der Waals surface area contributed by atoms with Crippen LogP contribution < -0.4 is 9.62 Å². The van der Waals surface area contributed by atoms with E-state index in [1.165, 1.54) is 42.2 Å². The molecule has 0 unspecified atom stereocenters. The van der Waals surface area contributed by atoms with Gasteiger partial charge in [0.25, 0.3) is 10.0 Å². The number of amides is 2. The number of nitrogens with zero attached hydrogens (tertiary/aromatic N) is 2. The third-order valence-corrected chi connectivity index (χ3v) is 8.55. The van der Waals surface area contributed by atoms with E-state index in [0.717, 1.165) is 11.6 Å². The van der Waals surface area contributed by atoms with Crippen molar-refractivity contribution in [2.24, 2.45) is 0 Å². The zero-order chi connectivity index (χ0) is 29.8. The lowest BCUT2D eigenvalue weighted by Crippen LogP contribution is -2.54. The fourth-order valence-electron chi connectivity index (χ4n) is 3.92. The maximum absolute atomic E-state index is 15.0. The minimum Gasteiger partial charge on any atom is -0.350 e. The van der Waals surface area contributed by atoms with Gasteiger partial charge in [-0.3, -0.25) is 13.9 Å². The lowest BCUT2D eigenvalue weighted by molar-refractivity contribution is -0.140. The number of benzene rings is 3. The van der Waals surface area contributed by atoms with Crippen molar-refractivity contribution in [2.45, 2.75) is 57.6 Å². The smallest absolute Gasteiger partial charge is 0.264 e. The highest BCUT2D eigenvalue weighted by atomic mass is 35.5. The number of carbonyl (C=O) groups is 2. The Hall–Kier alpha value is -3.14. The second-order valence-electron chi connectivity index (χ2n) is 10.4. The van der Waals surface area contributed by atoms with Gasteiger partial charge < -0.3 is 10.2 Å². The van der Waals surface area contributed by atoms with Gasteiger partial charge in [-0.25, -0.2) is 12.8 Å². The van der Waals surface area contributed by atoms with Crippen LogP contribution in [0.5, 0.6) is 0 Å². The first-order valence-corrected chi connectivity index (χ1v) is 14.7. The fourth-order valence-corrected chi connectivity index (χ4v) is 5.85. The molecule has 0 aliphatic rings. The van der Waals surface area contributed by atoms with Crippen LogP contribution in [-0.4, -0.2) is 43.3 Å². The molecule has 3 aromatic carbocycles. The number of hydrogen-bond donors (Lipinski definition) is 1. The van der Waals surface area contributed by atoms with E-state index in [2.05, 4.69) is 5.32 Å². The van der Waals surface area contributed by atoms with Gasteiger partial charge in [-0.05, 0) is 71.0 Å². The Balaban J connectivity index is 2.09. The van der Waals surface area contributed by atoms with Crippen LogP contribution >= 0.6 is 23.2 Å². The normalized spacial score (nSPS) is 12.5. The predicted octanol–water partition coefficient (Wildman–Crippen LogP) is 5.97. The highest BCUT2D eigenvalue weighted by molar-refractivity contribution is 7.92. The Morgan fingerprint density at radius 3 is 2.08 bits per heavy atom. The quantitative estimate of drug-likeness (QED) is 0.325. The summed E-state index contributed by atoms with van der Waals surface area (Å²) < 4.78 is 43.3. The van der Waals surface area contributed by atoms with Crippen LogP contribution in [0.4, 0.5) is 10.1 Å². The zero-order valence-electron chi connectivity index (χ0n) is 22.9. The van der Waals surface area contributed by atoms with Crippen LogP contribution in [0.15, 0.2) is 71.6 Å². The monoisotopic (exact) mass is 607 g/mol. The summed E-state index contributed by atoms with van der Waals surface area (Å²) in [5, 5.41) is 3.37. The molecule has 0 radical (unpaired) electrons. The Morgan fingerprint density at radius 1 is 0.950 bits per heavy atom. The van der Waals surface area contributed by atoms with Gasteiger partial charge in [0, 0.05) is 27.7 Å². The van der Waals surface area contributed by atoms with Crippen LogP contribution in [0.3, 0.4) is 0 Å². The Kier molecular flexibility index (Phi) is 9.87. The van der Waals surface area contributed by atoms with Crippen molar-refractivity contribution in [2.75, 3.05) is 10.8 Å². The van der Waals surface area contributed by atoms with Gasteiger partial charge in [0.15, 0.2) is 0 Å². The van der Waals surface area contributed by atoms with Crippen molar-refractivity contribution in [1.82, 2.24) is 10.2 Å². The van der Waals surface area contributed by atoms with E-state index in [9.17, 15) is 22.4 Å². The first-order chi connectivity index (χ1) is 18.6. The molecule has 1 N–H and O–H groups in total. The molecule has 0 fully saturated rings. The van der Waals surface area contributed by atoms with E-state index >= 15 is 0 Å². The van der Waals surface area contributed by atoms with Gasteiger partial charge in [0.2, 0.25) is 11.8 Å². The Morgan fingerprint density at radius 2 is 1.52 bits per heavy atom. The number of sulfonamides is 1. The minimum absolute atomic E-state index is 0.117. The molecule has 11 heteroatoms. The lowest BCUT2D eigenvalue weighted by Gasteiger charge is -2.34. The summed E-state index contributed by atoms with van der Waals surface area (Å²) in [7, 11) is -4.39. The second kappa shape index (κ2) is 12.6. The van der Waals surface area contributed by atoms with Gasteiger partial charge in [-0.15, -0.1) is 0 Å². The maximum atomic E-state index is 15.0. The molecule has 0 aromatic heterocycles. The topological polar surface area (TPSA) is 86.8 Å². The number of carbonyl (C=O) groups excluding carboxylic acids is 2. The van der Waals surface area contributed by atoms with Crippen LogP contribution in [0.25, 0.3) is 0 Å². The molecule has 214 valence electrons. The number of nitrogens with one attached hydrogen (secondary N) is 1. The fraction of sp³-hybridized carbons (Fsp3) is 0.310. The van der Waals surface area contributed by atoms with Gasteiger partial charge in [0.1, 0.15) is 18.4 Å². The van der Waals surface area contributed by atoms with E-state index < -0.39 is 45.8 Å². The number of hydrogen-bond acceptors (Lipinski definition) is 4. The molecule has 0 saturated heterocycles. The van der Waals surface area contributed by atoms with E-state index in [1.807, 2.05) is 0 Å². The molecule has 2 amide bonds. The van der Waals surface area contributed by atoms with E-state index in [4.69, 9.17) is 23.2 Å². The first kappa shape index (κ1) is 31.4. The standard InChI is InChI=1S/C29H32Cl2FN3O4S/c1-19-13-15-21(16-14-19)40(38,39)35(26-12-7-6-11-25(26)32)18-27(36)34(20(2)28(37)33-29(3,4)5)17-22-23(30)9-8-10-24(22)31/h6-16,20H,17-18H2,1-5H3,(H,33,37)/t20-/m0/s1. The largest absolute Gasteiger partial charge is 0.350 e. The van der Waals surface area contributed by atoms with Crippen LogP contribution in [-0.2, 0) is 26.2 Å². The number of para-hydroxylation sites is 1. The van der Waals surface area contributed by atoms with Crippen molar-refractivity contribution in [3.8, 4) is 0 Å². The average Bonchev–Trinajstić information content (AvgIpc) is 2.86. The molecular weight excluding hydrogens is 576 g/mol. The molecule has 0 aliphatic heterocycles. The molecular formula is C29H32Cl2FN3O4S. The van der Waals surface area contributed by atoms with Crippen LogP contribution in [0, 0.1) is 12.7 Å². The zero-order valence-corrected chi connectivity index (χ0v) is 25.2. The third-order valence-electron chi connectivity index (χ3n) is 6.06. The van der Waals surface area contributed by atoms with Gasteiger partial charge in [0.05, 0.1) is 10.6 Å². The predicted molar refractivity (Wildman–Crippen MR) is 156 cm³/mol. The Bertz CT molecular complexity index is 1470. The first-order valence-electron chi connectivity index (χ1n) is 12.5. The molecule has 0 spiro atoms. The van der Waals surface area contributed by atoms with Crippen molar-refractivity contribution in [1.29, 1.82) is 0 Å². The summed E-state index contributed by atoms with van der Waals surface area (Å²) in [6.07, 6.45) is 0. The van der Waals surface area contributed by atoms with Crippen molar-refractivity contribution >= 4 is 50.7 Å². The molecule has 3 aromatic rings. The molecule has 3 rings (SSSR count). The SMILES string of the molecule is Cc1ccc(S(=O)(=O)N(CC(=O)N(Cc2c(Cl)cccc2Cl)[C@@H](C)C(=O)NC(C)(C)C)c2ccccc2F)cc1. The lowest BCUT2D eigenvalue weighted by atomic mass is 10.1. The summed E-state index contributed by atoms with van der Waals surface area (Å²) in [5.74, 6) is -2.06.